The van der Waals surface area contributed by atoms with Gasteiger partial charge in [0.15, 0.2) is 5.82 Å². The average molecular weight is 403 g/mol. The number of pyridine rings is 1. The number of carbonyl (C=O) groups excluding carboxylic acids is 1. The Bertz CT molecular complexity index is 1080. The first-order valence-corrected chi connectivity index (χ1v) is 9.46. The Morgan fingerprint density at radius 1 is 1.00 bits per heavy atom. The Labute approximate surface area is 173 Å². The molecule has 1 aromatic carbocycles. The Kier molecular flexibility index (Phi) is 5.99. The first-order chi connectivity index (χ1) is 14.8. The van der Waals surface area contributed by atoms with Gasteiger partial charge in [-0.15, -0.1) is 0 Å². The number of nitrogens with zero attached hydrogens (tertiary/aromatic N) is 5. The minimum absolute atomic E-state index is 0.304. The summed E-state index contributed by atoms with van der Waals surface area (Å²) in [6.45, 7) is 1.50. The second-order valence-electron chi connectivity index (χ2n) is 6.43. The maximum atomic E-state index is 12.3. The number of ether oxygens (including phenoxy) is 1. The molecule has 4 rings (SSSR count). The second-order valence-corrected chi connectivity index (χ2v) is 6.43. The van der Waals surface area contributed by atoms with Crippen LogP contribution < -0.4 is 15.4 Å². The normalized spacial score (nSPS) is 10.5. The topological polar surface area (TPSA) is 98.9 Å². The number of aromatic nitrogens is 5. The summed E-state index contributed by atoms with van der Waals surface area (Å²) in [6, 6.07) is 14.4. The van der Waals surface area contributed by atoms with Gasteiger partial charge in [0, 0.05) is 49.3 Å². The standard InChI is InChI=1S/C21H21N7O2/c29-21(23-16-17-6-9-22-20(14-17)28-11-3-8-25-28)26-18-4-1-5-19(15-18)30-13-12-27-10-2-7-24-27/h1-11,14-15H,12-13,16H2,(H2,23,26,29). The number of nitrogens with one attached hydrogen (secondary N) is 2. The maximum absolute atomic E-state index is 12.3. The first kappa shape index (κ1) is 19.2. The van der Waals surface area contributed by atoms with Gasteiger partial charge < -0.3 is 15.4 Å². The van der Waals surface area contributed by atoms with Gasteiger partial charge in [-0.1, -0.05) is 6.07 Å². The van der Waals surface area contributed by atoms with E-state index in [0.717, 1.165) is 5.56 Å². The van der Waals surface area contributed by atoms with Gasteiger partial charge in [-0.05, 0) is 42.0 Å². The molecule has 152 valence electrons. The molecule has 0 bridgehead atoms. The van der Waals surface area contributed by atoms with Crippen molar-refractivity contribution in [2.75, 3.05) is 11.9 Å². The molecule has 0 fully saturated rings. The fourth-order valence-corrected chi connectivity index (χ4v) is 2.81. The lowest BCUT2D eigenvalue weighted by molar-refractivity contribution is 0.251. The zero-order chi connectivity index (χ0) is 20.6. The van der Waals surface area contributed by atoms with Gasteiger partial charge in [-0.25, -0.2) is 14.5 Å². The first-order valence-electron chi connectivity index (χ1n) is 9.46. The molecule has 0 atom stereocenters. The van der Waals surface area contributed by atoms with Crippen LogP contribution in [0.5, 0.6) is 5.75 Å². The molecule has 0 aliphatic heterocycles. The van der Waals surface area contributed by atoms with Gasteiger partial charge in [0.05, 0.1) is 6.54 Å². The molecule has 9 nitrogen and oxygen atoms in total. The molecule has 0 spiro atoms. The van der Waals surface area contributed by atoms with Crippen molar-refractivity contribution in [3.63, 3.8) is 0 Å². The van der Waals surface area contributed by atoms with Crippen molar-refractivity contribution in [3.05, 3.63) is 85.1 Å². The van der Waals surface area contributed by atoms with Crippen LogP contribution in [0.25, 0.3) is 5.82 Å². The van der Waals surface area contributed by atoms with Gasteiger partial charge in [0.1, 0.15) is 12.4 Å². The maximum Gasteiger partial charge on any atom is 0.319 e. The highest BCUT2D eigenvalue weighted by molar-refractivity contribution is 5.89. The van der Waals surface area contributed by atoms with E-state index in [-0.39, 0.29) is 6.03 Å². The molecule has 3 aromatic heterocycles. The van der Waals surface area contributed by atoms with Crippen LogP contribution in [0.3, 0.4) is 0 Å². The van der Waals surface area contributed by atoms with E-state index >= 15 is 0 Å². The molecule has 2 N–H and O–H groups in total. The Morgan fingerprint density at radius 3 is 2.73 bits per heavy atom. The van der Waals surface area contributed by atoms with Gasteiger partial charge in [0.25, 0.3) is 0 Å². The highest BCUT2D eigenvalue weighted by atomic mass is 16.5. The highest BCUT2D eigenvalue weighted by Crippen LogP contribution is 2.17. The Balaban J connectivity index is 1.27. The third-order valence-corrected chi connectivity index (χ3v) is 4.24. The summed E-state index contributed by atoms with van der Waals surface area (Å²) in [5.74, 6) is 1.37. The highest BCUT2D eigenvalue weighted by Gasteiger charge is 2.05. The lowest BCUT2D eigenvalue weighted by Gasteiger charge is -2.11. The summed E-state index contributed by atoms with van der Waals surface area (Å²) in [4.78, 5) is 16.6. The fourth-order valence-electron chi connectivity index (χ4n) is 2.81. The minimum atomic E-state index is -0.304. The number of carbonyl (C=O) groups is 1. The van der Waals surface area contributed by atoms with E-state index < -0.39 is 0 Å². The van der Waals surface area contributed by atoms with Gasteiger partial charge >= 0.3 is 6.03 Å². The summed E-state index contributed by atoms with van der Waals surface area (Å²) in [5, 5.41) is 14.0. The molecular weight excluding hydrogens is 382 g/mol. The van der Waals surface area contributed by atoms with Crippen LogP contribution in [0.2, 0.25) is 0 Å². The molecular formula is C21H21N7O2. The Hall–Kier alpha value is -4.14. The number of hydrogen-bond acceptors (Lipinski definition) is 5. The smallest absolute Gasteiger partial charge is 0.319 e. The summed E-state index contributed by atoms with van der Waals surface area (Å²) in [7, 11) is 0. The zero-order valence-corrected chi connectivity index (χ0v) is 16.2. The number of amides is 2. The van der Waals surface area contributed by atoms with E-state index in [1.165, 1.54) is 0 Å². The number of urea groups is 1. The van der Waals surface area contributed by atoms with E-state index in [1.54, 1.807) is 34.0 Å². The predicted molar refractivity (Wildman–Crippen MR) is 111 cm³/mol. The molecule has 0 saturated heterocycles. The van der Waals surface area contributed by atoms with Crippen LogP contribution in [-0.4, -0.2) is 37.2 Å². The van der Waals surface area contributed by atoms with Crippen molar-refractivity contribution in [1.82, 2.24) is 29.9 Å². The quantitative estimate of drug-likeness (QED) is 0.471. The summed E-state index contributed by atoms with van der Waals surface area (Å²) in [6.07, 6.45) is 8.81. The summed E-state index contributed by atoms with van der Waals surface area (Å²) >= 11 is 0. The third-order valence-electron chi connectivity index (χ3n) is 4.24. The van der Waals surface area contributed by atoms with Crippen LogP contribution in [0, 0.1) is 0 Å². The summed E-state index contributed by atoms with van der Waals surface area (Å²) in [5.41, 5.74) is 1.57. The van der Waals surface area contributed by atoms with Crippen LogP contribution in [0.4, 0.5) is 10.5 Å². The molecule has 3 heterocycles. The SMILES string of the molecule is O=C(NCc1ccnc(-n2cccn2)c1)Nc1cccc(OCCn2cccn2)c1. The van der Waals surface area contributed by atoms with Gasteiger partial charge in [-0.2, -0.15) is 10.2 Å². The molecule has 0 radical (unpaired) electrons. The predicted octanol–water partition coefficient (Wildman–Crippen LogP) is 2.86. The van der Waals surface area contributed by atoms with Crippen LogP contribution >= 0.6 is 0 Å². The van der Waals surface area contributed by atoms with Crippen molar-refractivity contribution in [2.24, 2.45) is 0 Å². The Morgan fingerprint density at radius 2 is 1.90 bits per heavy atom. The number of rotatable bonds is 8. The molecule has 2 amide bonds. The molecule has 0 aliphatic carbocycles. The molecule has 4 aromatic rings. The third kappa shape index (κ3) is 5.22. The van der Waals surface area contributed by atoms with Crippen LogP contribution in [-0.2, 0) is 13.1 Å². The van der Waals surface area contributed by atoms with E-state index in [4.69, 9.17) is 4.74 Å². The number of hydrogen-bond donors (Lipinski definition) is 2. The van der Waals surface area contributed by atoms with E-state index in [0.29, 0.717) is 37.0 Å². The fraction of sp³-hybridized carbons (Fsp3) is 0.143. The number of benzene rings is 1. The van der Waals surface area contributed by atoms with Crippen molar-refractivity contribution in [3.8, 4) is 11.6 Å². The minimum Gasteiger partial charge on any atom is -0.492 e. The molecule has 0 saturated carbocycles. The van der Waals surface area contributed by atoms with E-state index in [1.807, 2.05) is 54.9 Å². The average Bonchev–Trinajstić information content (AvgIpc) is 3.47. The monoisotopic (exact) mass is 403 g/mol. The molecule has 0 unspecified atom stereocenters. The van der Waals surface area contributed by atoms with Crippen LogP contribution in [0.15, 0.2) is 79.5 Å². The van der Waals surface area contributed by atoms with E-state index in [2.05, 4.69) is 25.8 Å². The van der Waals surface area contributed by atoms with Crippen molar-refractivity contribution in [2.45, 2.75) is 13.1 Å². The summed E-state index contributed by atoms with van der Waals surface area (Å²) < 4.78 is 9.20. The van der Waals surface area contributed by atoms with Gasteiger partial charge in [-0.3, -0.25) is 4.68 Å². The van der Waals surface area contributed by atoms with Crippen molar-refractivity contribution < 1.29 is 9.53 Å². The largest absolute Gasteiger partial charge is 0.492 e. The number of anilines is 1. The van der Waals surface area contributed by atoms with Crippen molar-refractivity contribution >= 4 is 11.7 Å². The second kappa shape index (κ2) is 9.37. The lowest BCUT2D eigenvalue weighted by Crippen LogP contribution is -2.28. The molecule has 30 heavy (non-hydrogen) atoms. The molecule has 9 heteroatoms. The van der Waals surface area contributed by atoms with Crippen molar-refractivity contribution in [1.29, 1.82) is 0 Å². The van der Waals surface area contributed by atoms with Crippen LogP contribution in [0.1, 0.15) is 5.56 Å². The lowest BCUT2D eigenvalue weighted by atomic mass is 10.2. The van der Waals surface area contributed by atoms with Gasteiger partial charge in [0.2, 0.25) is 0 Å². The van der Waals surface area contributed by atoms with E-state index in [9.17, 15) is 4.79 Å². The zero-order valence-electron chi connectivity index (χ0n) is 16.2. The molecule has 0 aliphatic rings.